The molecule has 3 nitrogen and oxygen atoms in total. The van der Waals surface area contributed by atoms with E-state index in [0.29, 0.717) is 0 Å². The molecule has 0 bridgehead atoms. The third-order valence-electron chi connectivity index (χ3n) is 2.93. The first-order valence-electron chi connectivity index (χ1n) is 6.60. The number of rotatable bonds is 0. The number of aromatic nitrogens is 3. The second kappa shape index (κ2) is 4.29. The van der Waals surface area contributed by atoms with Crippen LogP contribution in [0.5, 0.6) is 0 Å². The highest BCUT2D eigenvalue weighted by Gasteiger charge is 2.34. The van der Waals surface area contributed by atoms with Gasteiger partial charge in [0.2, 0.25) is 0 Å². The standard InChI is InChI=1S/C15H27N3/c1-13(2,3)10-11(14(4,5)6)16-18-17-12(10)15(7,8)9/h1-9H3. The highest BCUT2D eigenvalue weighted by molar-refractivity contribution is 5.37. The predicted octanol–water partition coefficient (Wildman–Crippen LogP) is 3.76. The zero-order valence-electron chi connectivity index (χ0n) is 13.3. The van der Waals surface area contributed by atoms with Crippen molar-refractivity contribution in [2.75, 3.05) is 0 Å². The molecule has 0 radical (unpaired) electrons. The molecule has 102 valence electrons. The van der Waals surface area contributed by atoms with Gasteiger partial charge < -0.3 is 0 Å². The van der Waals surface area contributed by atoms with Crippen LogP contribution in [0.25, 0.3) is 0 Å². The van der Waals surface area contributed by atoms with Gasteiger partial charge in [0.25, 0.3) is 0 Å². The number of nitrogens with zero attached hydrogens (tertiary/aromatic N) is 3. The topological polar surface area (TPSA) is 38.7 Å². The van der Waals surface area contributed by atoms with Crippen molar-refractivity contribution in [1.29, 1.82) is 0 Å². The zero-order valence-corrected chi connectivity index (χ0v) is 13.3. The second-order valence-corrected chi connectivity index (χ2v) is 8.11. The summed E-state index contributed by atoms with van der Waals surface area (Å²) in [6, 6.07) is 0. The summed E-state index contributed by atoms with van der Waals surface area (Å²) in [4.78, 5) is 0. The molecule has 1 aromatic rings. The molecule has 0 saturated carbocycles. The molecule has 0 aliphatic carbocycles. The molecule has 1 heterocycles. The highest BCUT2D eigenvalue weighted by atomic mass is 15.3. The smallest absolute Gasteiger partial charge is 0.0758 e. The average Bonchev–Trinajstić information content (AvgIpc) is 2.12. The minimum absolute atomic E-state index is 0.0153. The summed E-state index contributed by atoms with van der Waals surface area (Å²) in [6.45, 7) is 19.7. The van der Waals surface area contributed by atoms with Gasteiger partial charge in [-0.3, -0.25) is 0 Å². The van der Waals surface area contributed by atoms with Crippen LogP contribution in [0.3, 0.4) is 0 Å². The van der Waals surface area contributed by atoms with E-state index in [2.05, 4.69) is 77.7 Å². The average molecular weight is 249 g/mol. The molecule has 18 heavy (non-hydrogen) atoms. The minimum Gasteiger partial charge on any atom is -0.134 e. The van der Waals surface area contributed by atoms with E-state index in [0.717, 1.165) is 11.4 Å². The van der Waals surface area contributed by atoms with Crippen LogP contribution in [0, 0.1) is 0 Å². The lowest BCUT2D eigenvalue weighted by Crippen LogP contribution is -2.31. The van der Waals surface area contributed by atoms with Crippen molar-refractivity contribution < 1.29 is 0 Å². The van der Waals surface area contributed by atoms with Gasteiger partial charge in [0.1, 0.15) is 0 Å². The van der Waals surface area contributed by atoms with E-state index >= 15 is 0 Å². The summed E-state index contributed by atoms with van der Waals surface area (Å²) in [5.41, 5.74) is 3.37. The van der Waals surface area contributed by atoms with Gasteiger partial charge in [-0.25, -0.2) is 0 Å². The Balaban J connectivity index is 3.68. The van der Waals surface area contributed by atoms with E-state index in [1.54, 1.807) is 0 Å². The van der Waals surface area contributed by atoms with Crippen molar-refractivity contribution in [1.82, 2.24) is 15.4 Å². The van der Waals surface area contributed by atoms with Crippen LogP contribution in [0.15, 0.2) is 0 Å². The summed E-state index contributed by atoms with van der Waals surface area (Å²) < 4.78 is 0. The maximum absolute atomic E-state index is 4.33. The minimum atomic E-state index is -0.0153. The van der Waals surface area contributed by atoms with Gasteiger partial charge >= 0.3 is 0 Å². The van der Waals surface area contributed by atoms with E-state index in [4.69, 9.17) is 0 Å². The summed E-state index contributed by atoms with van der Waals surface area (Å²) in [5.74, 6) is 0. The predicted molar refractivity (Wildman–Crippen MR) is 75.9 cm³/mol. The normalized spacial score (nSPS) is 13.8. The quantitative estimate of drug-likeness (QED) is 0.702. The second-order valence-electron chi connectivity index (χ2n) is 8.11. The van der Waals surface area contributed by atoms with Crippen LogP contribution < -0.4 is 0 Å². The van der Waals surface area contributed by atoms with Gasteiger partial charge in [-0.15, -0.1) is 10.2 Å². The van der Waals surface area contributed by atoms with E-state index < -0.39 is 0 Å². The van der Waals surface area contributed by atoms with Gasteiger partial charge in [-0.2, -0.15) is 0 Å². The Morgan fingerprint density at radius 1 is 0.556 bits per heavy atom. The molecule has 0 amide bonds. The Morgan fingerprint density at radius 3 is 1.11 bits per heavy atom. The largest absolute Gasteiger partial charge is 0.134 e. The van der Waals surface area contributed by atoms with Crippen LogP contribution in [-0.4, -0.2) is 15.4 Å². The highest BCUT2D eigenvalue weighted by Crippen LogP contribution is 2.37. The van der Waals surface area contributed by atoms with Crippen molar-refractivity contribution in [2.24, 2.45) is 0 Å². The SMILES string of the molecule is CC(C)(C)c1nnnc(C(C)(C)C)c1C(C)(C)C. The van der Waals surface area contributed by atoms with E-state index in [9.17, 15) is 0 Å². The molecular weight excluding hydrogens is 222 g/mol. The van der Waals surface area contributed by atoms with Gasteiger partial charge in [-0.05, 0) is 10.6 Å². The molecule has 0 unspecified atom stereocenters. The molecule has 0 fully saturated rings. The molecule has 0 N–H and O–H groups in total. The molecule has 1 rings (SSSR count). The summed E-state index contributed by atoms with van der Waals surface area (Å²) in [5, 5.41) is 12.7. The molecule has 0 aromatic carbocycles. The van der Waals surface area contributed by atoms with Gasteiger partial charge in [0, 0.05) is 16.4 Å². The summed E-state index contributed by atoms with van der Waals surface area (Å²) in [6.07, 6.45) is 0. The lowest BCUT2D eigenvalue weighted by atomic mass is 9.73. The fraction of sp³-hybridized carbons (Fsp3) is 0.800. The van der Waals surface area contributed by atoms with Crippen LogP contribution in [-0.2, 0) is 16.2 Å². The Bertz CT molecular complexity index is 396. The van der Waals surface area contributed by atoms with Gasteiger partial charge in [0.05, 0.1) is 11.4 Å². The van der Waals surface area contributed by atoms with Crippen LogP contribution in [0.2, 0.25) is 0 Å². The first kappa shape index (κ1) is 15.1. The maximum atomic E-state index is 4.33. The third kappa shape index (κ3) is 3.06. The molecule has 3 heteroatoms. The Morgan fingerprint density at radius 2 is 0.889 bits per heavy atom. The van der Waals surface area contributed by atoms with Crippen molar-refractivity contribution in [3.8, 4) is 0 Å². The molecular formula is C15H27N3. The Kier molecular flexibility index (Phi) is 3.59. The molecule has 1 aromatic heterocycles. The monoisotopic (exact) mass is 249 g/mol. The lowest BCUT2D eigenvalue weighted by Gasteiger charge is -2.33. The van der Waals surface area contributed by atoms with Gasteiger partial charge in [-0.1, -0.05) is 62.3 Å². The summed E-state index contributed by atoms with van der Waals surface area (Å²) in [7, 11) is 0. The van der Waals surface area contributed by atoms with Crippen LogP contribution >= 0.6 is 0 Å². The van der Waals surface area contributed by atoms with E-state index in [-0.39, 0.29) is 16.2 Å². The van der Waals surface area contributed by atoms with E-state index in [1.807, 2.05) is 0 Å². The first-order valence-corrected chi connectivity index (χ1v) is 6.60. The molecule has 0 saturated heterocycles. The fourth-order valence-electron chi connectivity index (χ4n) is 2.08. The fourth-order valence-corrected chi connectivity index (χ4v) is 2.08. The van der Waals surface area contributed by atoms with Crippen LogP contribution in [0.4, 0.5) is 0 Å². The Labute approximate surface area is 111 Å². The molecule has 0 spiro atoms. The lowest BCUT2D eigenvalue weighted by molar-refractivity contribution is 0.454. The van der Waals surface area contributed by atoms with Crippen LogP contribution in [0.1, 0.15) is 79.3 Å². The van der Waals surface area contributed by atoms with Crippen molar-refractivity contribution in [3.05, 3.63) is 17.0 Å². The van der Waals surface area contributed by atoms with E-state index in [1.165, 1.54) is 5.56 Å². The van der Waals surface area contributed by atoms with Gasteiger partial charge in [0.15, 0.2) is 0 Å². The molecule has 0 aliphatic heterocycles. The zero-order chi connectivity index (χ0) is 14.4. The number of hydrogen-bond acceptors (Lipinski definition) is 3. The number of hydrogen-bond donors (Lipinski definition) is 0. The first-order chi connectivity index (χ1) is 7.85. The Hall–Kier alpha value is -0.990. The maximum Gasteiger partial charge on any atom is 0.0758 e. The third-order valence-corrected chi connectivity index (χ3v) is 2.93. The molecule has 0 aliphatic rings. The van der Waals surface area contributed by atoms with Crippen molar-refractivity contribution in [3.63, 3.8) is 0 Å². The van der Waals surface area contributed by atoms with Crippen molar-refractivity contribution in [2.45, 2.75) is 78.6 Å². The summed E-state index contributed by atoms with van der Waals surface area (Å²) >= 11 is 0. The van der Waals surface area contributed by atoms with Crippen molar-refractivity contribution >= 4 is 0 Å². The molecule has 0 atom stereocenters.